The van der Waals surface area contributed by atoms with Crippen molar-refractivity contribution in [2.75, 3.05) is 44.2 Å². The number of anilines is 1. The topological polar surface area (TPSA) is 52.6 Å². The molecule has 35 heavy (non-hydrogen) atoms. The first kappa shape index (κ1) is 23.8. The van der Waals surface area contributed by atoms with Gasteiger partial charge in [-0.2, -0.15) is 13.2 Å². The molecule has 0 radical (unpaired) electrons. The minimum absolute atomic E-state index is 0.212. The van der Waals surface area contributed by atoms with Crippen LogP contribution in [0.2, 0.25) is 0 Å². The lowest BCUT2D eigenvalue weighted by molar-refractivity contribution is -0.137. The van der Waals surface area contributed by atoms with Crippen molar-refractivity contribution in [1.82, 2.24) is 19.8 Å². The first-order valence-electron chi connectivity index (χ1n) is 12.3. The zero-order valence-electron chi connectivity index (χ0n) is 19.7. The SMILES string of the molecule is O=C(/C=C/c1cccc(C(F)(F)F)c1)N1CCc2cnc(N3CCN(C4CCC4)CC3)nc2CC1. The van der Waals surface area contributed by atoms with Gasteiger partial charge in [0.25, 0.3) is 0 Å². The van der Waals surface area contributed by atoms with Crippen LogP contribution in [-0.4, -0.2) is 71.0 Å². The Labute approximate surface area is 203 Å². The largest absolute Gasteiger partial charge is 0.416 e. The van der Waals surface area contributed by atoms with E-state index < -0.39 is 11.7 Å². The number of hydrogen-bond acceptors (Lipinski definition) is 5. The van der Waals surface area contributed by atoms with Gasteiger partial charge in [-0.1, -0.05) is 18.6 Å². The molecule has 2 aliphatic heterocycles. The lowest BCUT2D eigenvalue weighted by atomic mass is 9.91. The molecule has 5 rings (SSSR count). The molecule has 0 atom stereocenters. The van der Waals surface area contributed by atoms with Crippen LogP contribution in [0.15, 0.2) is 36.5 Å². The van der Waals surface area contributed by atoms with E-state index >= 15 is 0 Å². The van der Waals surface area contributed by atoms with Gasteiger partial charge in [0.05, 0.1) is 11.3 Å². The molecule has 0 spiro atoms. The molecule has 9 heteroatoms. The van der Waals surface area contributed by atoms with Crippen molar-refractivity contribution in [2.45, 2.75) is 44.3 Å². The fraction of sp³-hybridized carbons (Fsp3) is 0.500. The second kappa shape index (κ2) is 9.97. The summed E-state index contributed by atoms with van der Waals surface area (Å²) in [4.78, 5) is 28.8. The summed E-state index contributed by atoms with van der Waals surface area (Å²) in [6.45, 7) is 5.00. The van der Waals surface area contributed by atoms with E-state index in [0.29, 0.717) is 31.5 Å². The van der Waals surface area contributed by atoms with Crippen molar-refractivity contribution in [1.29, 1.82) is 0 Å². The summed E-state index contributed by atoms with van der Waals surface area (Å²) in [7, 11) is 0. The van der Waals surface area contributed by atoms with Crippen molar-refractivity contribution >= 4 is 17.9 Å². The van der Waals surface area contributed by atoms with Crippen molar-refractivity contribution in [3.63, 3.8) is 0 Å². The molecule has 1 amide bonds. The quantitative estimate of drug-likeness (QED) is 0.617. The molecule has 0 unspecified atom stereocenters. The van der Waals surface area contributed by atoms with Crippen LogP contribution in [0.25, 0.3) is 6.08 Å². The lowest BCUT2D eigenvalue weighted by Gasteiger charge is -2.43. The summed E-state index contributed by atoms with van der Waals surface area (Å²) in [5.41, 5.74) is 1.66. The molecule has 0 bridgehead atoms. The summed E-state index contributed by atoms with van der Waals surface area (Å²) in [6.07, 6.45) is 5.56. The number of alkyl halides is 3. The van der Waals surface area contributed by atoms with Crippen molar-refractivity contribution in [3.05, 3.63) is 58.9 Å². The van der Waals surface area contributed by atoms with Gasteiger partial charge in [-0.15, -0.1) is 0 Å². The fourth-order valence-corrected chi connectivity index (χ4v) is 4.97. The maximum atomic E-state index is 12.9. The fourth-order valence-electron chi connectivity index (χ4n) is 4.97. The summed E-state index contributed by atoms with van der Waals surface area (Å²) < 4.78 is 38.8. The van der Waals surface area contributed by atoms with Gasteiger partial charge in [0.1, 0.15) is 0 Å². The highest BCUT2D eigenvalue weighted by Gasteiger charge is 2.30. The summed E-state index contributed by atoms with van der Waals surface area (Å²) in [6, 6.07) is 5.73. The van der Waals surface area contributed by atoms with Gasteiger partial charge in [-0.05, 0) is 48.6 Å². The van der Waals surface area contributed by atoms with E-state index in [1.54, 1.807) is 11.0 Å². The molecule has 186 valence electrons. The Morgan fingerprint density at radius 1 is 1.03 bits per heavy atom. The number of carbonyl (C=O) groups excluding carboxylic acids is 1. The van der Waals surface area contributed by atoms with Crippen LogP contribution in [-0.2, 0) is 23.8 Å². The number of fused-ring (bicyclic) bond motifs is 1. The van der Waals surface area contributed by atoms with E-state index in [1.807, 2.05) is 6.20 Å². The average molecular weight is 486 g/mol. The number of rotatable bonds is 4. The molecule has 3 heterocycles. The second-order valence-electron chi connectivity index (χ2n) is 9.53. The standard InChI is InChI=1S/C26H30F3N5O/c27-26(28,29)21-4-1-3-19(17-21)7-8-24(35)33-11-9-20-18-30-25(31-23(20)10-12-33)34-15-13-32(14-16-34)22-5-2-6-22/h1,3-4,7-8,17-18,22H,2,5-6,9-16H2/b8-7+. The van der Waals surface area contributed by atoms with E-state index in [0.717, 1.165) is 61.6 Å². The maximum Gasteiger partial charge on any atom is 0.416 e. The normalized spacial score (nSPS) is 20.0. The predicted octanol–water partition coefficient (Wildman–Crippen LogP) is 3.81. The van der Waals surface area contributed by atoms with Gasteiger partial charge in [0, 0.05) is 64.0 Å². The molecule has 0 N–H and O–H groups in total. The molecular formula is C26H30F3N5O. The monoisotopic (exact) mass is 485 g/mol. The molecule has 1 aromatic carbocycles. The maximum absolute atomic E-state index is 12.9. The molecule has 2 aromatic rings. The first-order chi connectivity index (χ1) is 16.9. The van der Waals surface area contributed by atoms with Crippen LogP contribution >= 0.6 is 0 Å². The highest BCUT2D eigenvalue weighted by atomic mass is 19.4. The number of hydrogen-bond donors (Lipinski definition) is 0. The number of nitrogens with zero attached hydrogens (tertiary/aromatic N) is 5. The Balaban J connectivity index is 1.19. The molecule has 1 saturated heterocycles. The first-order valence-corrected chi connectivity index (χ1v) is 12.3. The van der Waals surface area contributed by atoms with Crippen molar-refractivity contribution in [3.8, 4) is 0 Å². The van der Waals surface area contributed by atoms with Gasteiger partial charge in [-0.3, -0.25) is 9.69 Å². The minimum atomic E-state index is -4.41. The van der Waals surface area contributed by atoms with E-state index in [9.17, 15) is 18.0 Å². The number of aromatic nitrogens is 2. The Hall–Kier alpha value is -2.94. The molecular weight excluding hydrogens is 455 g/mol. The Morgan fingerprint density at radius 3 is 2.51 bits per heavy atom. The Kier molecular flexibility index (Phi) is 6.77. The number of carbonyl (C=O) groups is 1. The predicted molar refractivity (Wildman–Crippen MR) is 128 cm³/mol. The summed E-state index contributed by atoms with van der Waals surface area (Å²) in [5, 5.41) is 0. The molecule has 1 aromatic heterocycles. The van der Waals surface area contributed by atoms with Crippen molar-refractivity contribution in [2.24, 2.45) is 0 Å². The molecule has 6 nitrogen and oxygen atoms in total. The third-order valence-electron chi connectivity index (χ3n) is 7.34. The van der Waals surface area contributed by atoms with Gasteiger partial charge >= 0.3 is 6.18 Å². The number of benzene rings is 1. The zero-order chi connectivity index (χ0) is 24.4. The number of amides is 1. The van der Waals surface area contributed by atoms with Crippen LogP contribution < -0.4 is 4.90 Å². The summed E-state index contributed by atoms with van der Waals surface area (Å²) in [5.74, 6) is 0.553. The van der Waals surface area contributed by atoms with Crippen LogP contribution in [0, 0.1) is 0 Å². The van der Waals surface area contributed by atoms with Gasteiger partial charge in [-0.25, -0.2) is 9.97 Å². The Morgan fingerprint density at radius 2 is 1.80 bits per heavy atom. The van der Waals surface area contributed by atoms with Crippen LogP contribution in [0.4, 0.5) is 19.1 Å². The highest BCUT2D eigenvalue weighted by Crippen LogP contribution is 2.30. The van der Waals surface area contributed by atoms with Gasteiger partial charge in [0.15, 0.2) is 0 Å². The van der Waals surface area contributed by atoms with E-state index in [2.05, 4.69) is 14.8 Å². The van der Waals surface area contributed by atoms with Crippen molar-refractivity contribution < 1.29 is 18.0 Å². The average Bonchev–Trinajstić information content (AvgIpc) is 3.04. The van der Waals surface area contributed by atoms with E-state index in [4.69, 9.17) is 4.98 Å². The van der Waals surface area contributed by atoms with Crippen LogP contribution in [0.3, 0.4) is 0 Å². The van der Waals surface area contributed by atoms with E-state index in [-0.39, 0.29) is 5.91 Å². The summed E-state index contributed by atoms with van der Waals surface area (Å²) >= 11 is 0. The second-order valence-corrected chi connectivity index (χ2v) is 9.53. The van der Waals surface area contributed by atoms with E-state index in [1.165, 1.54) is 37.5 Å². The van der Waals surface area contributed by atoms with Gasteiger partial charge < -0.3 is 9.80 Å². The lowest BCUT2D eigenvalue weighted by Crippen LogP contribution is -2.52. The number of piperazine rings is 1. The number of halogens is 3. The Bertz CT molecular complexity index is 1090. The van der Waals surface area contributed by atoms with Gasteiger partial charge in [0.2, 0.25) is 11.9 Å². The van der Waals surface area contributed by atoms with Crippen LogP contribution in [0.5, 0.6) is 0 Å². The zero-order valence-corrected chi connectivity index (χ0v) is 19.7. The minimum Gasteiger partial charge on any atom is -0.338 e. The third-order valence-corrected chi connectivity index (χ3v) is 7.34. The smallest absolute Gasteiger partial charge is 0.338 e. The molecule has 2 fully saturated rings. The highest BCUT2D eigenvalue weighted by molar-refractivity contribution is 5.91. The molecule has 3 aliphatic rings. The molecule has 1 aliphatic carbocycles. The third kappa shape index (κ3) is 5.50. The van der Waals surface area contributed by atoms with Crippen LogP contribution in [0.1, 0.15) is 41.6 Å². The molecule has 1 saturated carbocycles.